The summed E-state index contributed by atoms with van der Waals surface area (Å²) >= 11 is 3.33. The number of alkyl halides is 2. The molecule has 0 bridgehead atoms. The maximum atomic E-state index is 12.3. The van der Waals surface area contributed by atoms with Crippen molar-refractivity contribution < 1.29 is 23.0 Å². The minimum absolute atomic E-state index is 0.0356. The molecule has 0 saturated heterocycles. The smallest absolute Gasteiger partial charge is 0.387 e. The molecule has 1 heterocycles. The molecule has 3 rings (SSSR count). The zero-order valence-electron chi connectivity index (χ0n) is 12.1. The molecule has 24 heavy (non-hydrogen) atoms. The van der Waals surface area contributed by atoms with Crippen LogP contribution in [0.4, 0.5) is 8.78 Å². The molecular formula is C17H10BrF2NO3. The molecule has 1 aliphatic rings. The van der Waals surface area contributed by atoms with E-state index in [-0.39, 0.29) is 17.3 Å². The van der Waals surface area contributed by atoms with Crippen LogP contribution >= 0.6 is 15.9 Å². The second-order valence-electron chi connectivity index (χ2n) is 4.79. The molecule has 0 saturated carbocycles. The first-order valence-corrected chi connectivity index (χ1v) is 7.64. The van der Waals surface area contributed by atoms with Crippen molar-refractivity contribution in [3.05, 3.63) is 69.8 Å². The van der Waals surface area contributed by atoms with Gasteiger partial charge in [0.25, 0.3) is 0 Å². The molecule has 7 heteroatoms. The summed E-state index contributed by atoms with van der Waals surface area (Å²) in [4.78, 5) is 16.1. The van der Waals surface area contributed by atoms with E-state index >= 15 is 0 Å². The Morgan fingerprint density at radius 3 is 2.62 bits per heavy atom. The van der Waals surface area contributed by atoms with Gasteiger partial charge in [-0.15, -0.1) is 0 Å². The normalized spacial score (nSPS) is 15.6. The van der Waals surface area contributed by atoms with Gasteiger partial charge in [-0.2, -0.15) is 8.78 Å². The SMILES string of the molecule is O=C1OC(c2cccc(OC(F)F)c2)=N/C1=C\c1ccc(Br)cc1. The van der Waals surface area contributed by atoms with Gasteiger partial charge in [-0.05, 0) is 42.0 Å². The third-order valence-corrected chi connectivity index (χ3v) is 3.63. The fraction of sp³-hybridized carbons (Fsp3) is 0.0588. The maximum Gasteiger partial charge on any atom is 0.387 e. The quantitative estimate of drug-likeness (QED) is 0.571. The lowest BCUT2D eigenvalue weighted by Gasteiger charge is -2.05. The first-order valence-electron chi connectivity index (χ1n) is 6.84. The molecule has 0 spiro atoms. The second kappa shape index (κ2) is 6.92. The molecule has 0 N–H and O–H groups in total. The number of carbonyl (C=O) groups excluding carboxylic acids is 1. The second-order valence-corrected chi connectivity index (χ2v) is 5.71. The van der Waals surface area contributed by atoms with Crippen LogP contribution in [0.25, 0.3) is 6.08 Å². The van der Waals surface area contributed by atoms with Crippen molar-refractivity contribution in [3.8, 4) is 5.75 Å². The molecule has 2 aromatic rings. The fourth-order valence-electron chi connectivity index (χ4n) is 2.05. The lowest BCUT2D eigenvalue weighted by atomic mass is 10.2. The first kappa shape index (κ1) is 16.3. The van der Waals surface area contributed by atoms with Crippen LogP contribution in [0.5, 0.6) is 5.75 Å². The predicted molar refractivity (Wildman–Crippen MR) is 87.8 cm³/mol. The number of aliphatic imine (C=N–C) groups is 1. The Labute approximate surface area is 144 Å². The van der Waals surface area contributed by atoms with Crippen LogP contribution in [-0.2, 0) is 9.53 Å². The summed E-state index contributed by atoms with van der Waals surface area (Å²) in [6, 6.07) is 13.1. The standard InChI is InChI=1S/C17H10BrF2NO3/c18-12-6-4-10(5-7-12)8-14-16(22)24-15(21-14)11-2-1-3-13(9-11)23-17(19)20/h1-9,17H/b14-8-. The Balaban J connectivity index is 1.87. The average molecular weight is 394 g/mol. The van der Waals surface area contributed by atoms with Crippen molar-refractivity contribution in [2.45, 2.75) is 6.61 Å². The van der Waals surface area contributed by atoms with Crippen molar-refractivity contribution in [2.24, 2.45) is 4.99 Å². The Morgan fingerprint density at radius 2 is 1.92 bits per heavy atom. The lowest BCUT2D eigenvalue weighted by Crippen LogP contribution is -2.07. The number of esters is 1. The molecule has 0 atom stereocenters. The number of carbonyl (C=O) groups is 1. The van der Waals surface area contributed by atoms with Gasteiger partial charge in [-0.3, -0.25) is 0 Å². The van der Waals surface area contributed by atoms with Gasteiger partial charge < -0.3 is 9.47 Å². The van der Waals surface area contributed by atoms with Gasteiger partial charge in [0, 0.05) is 10.0 Å². The van der Waals surface area contributed by atoms with Crippen LogP contribution in [-0.4, -0.2) is 18.5 Å². The van der Waals surface area contributed by atoms with Crippen molar-refractivity contribution in [2.75, 3.05) is 0 Å². The minimum atomic E-state index is -2.93. The molecular weight excluding hydrogens is 384 g/mol. The maximum absolute atomic E-state index is 12.3. The number of benzene rings is 2. The third-order valence-electron chi connectivity index (χ3n) is 3.10. The first-order chi connectivity index (χ1) is 11.5. The van der Waals surface area contributed by atoms with Gasteiger partial charge in [0.15, 0.2) is 5.70 Å². The Kier molecular flexibility index (Phi) is 4.71. The molecule has 1 aliphatic heterocycles. The van der Waals surface area contributed by atoms with Crippen LogP contribution in [0.2, 0.25) is 0 Å². The summed E-state index contributed by atoms with van der Waals surface area (Å²) in [5, 5.41) is 0. The zero-order chi connectivity index (χ0) is 17.1. The van der Waals surface area contributed by atoms with Crippen LogP contribution in [0, 0.1) is 0 Å². The molecule has 4 nitrogen and oxygen atoms in total. The molecule has 0 amide bonds. The number of nitrogens with zero attached hydrogens (tertiary/aromatic N) is 1. The summed E-state index contributed by atoms with van der Waals surface area (Å²) in [5.74, 6) is -0.595. The van der Waals surface area contributed by atoms with Gasteiger partial charge >= 0.3 is 12.6 Å². The van der Waals surface area contributed by atoms with E-state index in [1.54, 1.807) is 12.1 Å². The van der Waals surface area contributed by atoms with E-state index in [0.717, 1.165) is 10.0 Å². The highest BCUT2D eigenvalue weighted by atomic mass is 79.9. The van der Waals surface area contributed by atoms with Crippen molar-refractivity contribution in [3.63, 3.8) is 0 Å². The van der Waals surface area contributed by atoms with Crippen LogP contribution in [0.1, 0.15) is 11.1 Å². The number of rotatable bonds is 4. The molecule has 0 unspecified atom stereocenters. The van der Waals surface area contributed by atoms with E-state index < -0.39 is 12.6 Å². The molecule has 0 aliphatic carbocycles. The molecule has 0 aromatic heterocycles. The summed E-state index contributed by atoms with van der Waals surface area (Å²) in [5.41, 5.74) is 1.29. The predicted octanol–water partition coefficient (Wildman–Crippen LogP) is 4.40. The summed E-state index contributed by atoms with van der Waals surface area (Å²) in [6.07, 6.45) is 1.58. The number of halogens is 3. The lowest BCUT2D eigenvalue weighted by molar-refractivity contribution is -0.129. The fourth-order valence-corrected chi connectivity index (χ4v) is 2.32. The molecule has 122 valence electrons. The highest BCUT2D eigenvalue weighted by molar-refractivity contribution is 9.10. The third kappa shape index (κ3) is 3.86. The highest BCUT2D eigenvalue weighted by Crippen LogP contribution is 2.23. The average Bonchev–Trinajstić information content (AvgIpc) is 2.90. The van der Waals surface area contributed by atoms with Gasteiger partial charge in [0.05, 0.1) is 0 Å². The minimum Gasteiger partial charge on any atom is -0.435 e. The van der Waals surface area contributed by atoms with Gasteiger partial charge in [-0.1, -0.05) is 34.1 Å². The summed E-state index contributed by atoms with van der Waals surface area (Å²) < 4.78 is 34.9. The number of hydrogen-bond donors (Lipinski definition) is 0. The van der Waals surface area contributed by atoms with Crippen molar-refractivity contribution >= 4 is 33.9 Å². The van der Waals surface area contributed by atoms with Crippen molar-refractivity contribution in [1.29, 1.82) is 0 Å². The number of cyclic esters (lactones) is 1. The number of ether oxygens (including phenoxy) is 2. The van der Waals surface area contributed by atoms with E-state index in [0.29, 0.717) is 5.56 Å². The van der Waals surface area contributed by atoms with E-state index in [9.17, 15) is 13.6 Å². The Morgan fingerprint density at radius 1 is 1.17 bits per heavy atom. The largest absolute Gasteiger partial charge is 0.435 e. The van der Waals surface area contributed by atoms with E-state index in [4.69, 9.17) is 4.74 Å². The van der Waals surface area contributed by atoms with E-state index in [1.165, 1.54) is 18.2 Å². The summed E-state index contributed by atoms with van der Waals surface area (Å²) in [7, 11) is 0. The topological polar surface area (TPSA) is 47.9 Å². The summed E-state index contributed by atoms with van der Waals surface area (Å²) in [6.45, 7) is -2.93. The number of hydrogen-bond acceptors (Lipinski definition) is 4. The van der Waals surface area contributed by atoms with Gasteiger partial charge in [-0.25, -0.2) is 9.79 Å². The Hall–Kier alpha value is -2.54. The molecule has 0 fully saturated rings. The monoisotopic (exact) mass is 393 g/mol. The molecule has 2 aromatic carbocycles. The molecule has 0 radical (unpaired) electrons. The van der Waals surface area contributed by atoms with Gasteiger partial charge in [0.2, 0.25) is 5.90 Å². The Bertz CT molecular complexity index is 832. The zero-order valence-corrected chi connectivity index (χ0v) is 13.7. The highest BCUT2D eigenvalue weighted by Gasteiger charge is 2.24. The van der Waals surface area contributed by atoms with Crippen LogP contribution in [0.15, 0.2) is 63.7 Å². The van der Waals surface area contributed by atoms with E-state index in [1.807, 2.05) is 24.3 Å². The van der Waals surface area contributed by atoms with Crippen LogP contribution < -0.4 is 4.74 Å². The van der Waals surface area contributed by atoms with Crippen molar-refractivity contribution in [1.82, 2.24) is 0 Å². The van der Waals surface area contributed by atoms with E-state index in [2.05, 4.69) is 25.7 Å². The van der Waals surface area contributed by atoms with Gasteiger partial charge in [0.1, 0.15) is 5.75 Å². The van der Waals surface area contributed by atoms with Crippen LogP contribution in [0.3, 0.4) is 0 Å².